The van der Waals surface area contributed by atoms with Crippen LogP contribution < -0.4 is 4.90 Å². The van der Waals surface area contributed by atoms with E-state index >= 15 is 0 Å². The molecule has 3 aliphatic carbocycles. The SMILES string of the molecule is C=N/C(=N\C(=N/Cc1ccccc1)c1ccccc1)c1cccc2c1-c1ccc(N(C3=CC=C(C4=CC=CCC4)CC3)c3ccc(-c4ccccc4)cc3)cc1C2. The van der Waals surface area contributed by atoms with Crippen LogP contribution in [0.4, 0.5) is 11.4 Å². The number of hydrogen-bond acceptors (Lipinski definition) is 2. The van der Waals surface area contributed by atoms with Gasteiger partial charge in [0.1, 0.15) is 0 Å². The van der Waals surface area contributed by atoms with E-state index in [0.717, 1.165) is 60.2 Å². The molecule has 0 aromatic heterocycles. The monoisotopic (exact) mass is 736 g/mol. The molecule has 4 heteroatoms. The Labute approximate surface area is 336 Å². The van der Waals surface area contributed by atoms with Gasteiger partial charge in [-0.25, -0.2) is 9.98 Å². The molecule has 6 aromatic rings. The molecule has 0 atom stereocenters. The summed E-state index contributed by atoms with van der Waals surface area (Å²) in [6.07, 6.45) is 16.5. The van der Waals surface area contributed by atoms with Crippen molar-refractivity contribution in [3.8, 4) is 22.3 Å². The predicted octanol–water partition coefficient (Wildman–Crippen LogP) is 13.0. The fourth-order valence-electron chi connectivity index (χ4n) is 8.24. The smallest absolute Gasteiger partial charge is 0.161 e. The van der Waals surface area contributed by atoms with Crippen molar-refractivity contribution in [3.05, 3.63) is 227 Å². The molecule has 0 saturated carbocycles. The highest BCUT2D eigenvalue weighted by atomic mass is 15.1. The van der Waals surface area contributed by atoms with Gasteiger partial charge in [-0.3, -0.25) is 4.99 Å². The van der Waals surface area contributed by atoms with Crippen LogP contribution in [0.1, 0.15) is 53.5 Å². The van der Waals surface area contributed by atoms with E-state index in [9.17, 15) is 0 Å². The minimum absolute atomic E-state index is 0.520. The Balaban J connectivity index is 1.09. The highest BCUT2D eigenvalue weighted by Gasteiger charge is 2.26. The molecule has 9 rings (SSSR count). The second kappa shape index (κ2) is 16.4. The van der Waals surface area contributed by atoms with E-state index in [4.69, 9.17) is 9.98 Å². The number of nitrogens with zero attached hydrogens (tertiary/aromatic N) is 4. The molecule has 3 aliphatic rings. The van der Waals surface area contributed by atoms with Crippen LogP contribution in [-0.2, 0) is 13.0 Å². The molecular weight excluding hydrogens is 693 g/mol. The number of hydrogen-bond donors (Lipinski definition) is 0. The summed E-state index contributed by atoms with van der Waals surface area (Å²) in [6.45, 7) is 4.53. The van der Waals surface area contributed by atoms with E-state index in [1.165, 1.54) is 50.2 Å². The zero-order valence-corrected chi connectivity index (χ0v) is 32.1. The molecule has 0 amide bonds. The highest BCUT2D eigenvalue weighted by Crippen LogP contribution is 2.44. The average Bonchev–Trinajstić information content (AvgIpc) is 3.67. The fourth-order valence-corrected chi connectivity index (χ4v) is 8.24. The third kappa shape index (κ3) is 7.68. The molecule has 0 fully saturated rings. The lowest BCUT2D eigenvalue weighted by Gasteiger charge is -2.31. The number of amidine groups is 2. The molecule has 0 aliphatic heterocycles. The van der Waals surface area contributed by atoms with Gasteiger partial charge < -0.3 is 4.90 Å². The second-order valence-electron chi connectivity index (χ2n) is 14.7. The zero-order chi connectivity index (χ0) is 38.4. The van der Waals surface area contributed by atoms with Gasteiger partial charge in [0.25, 0.3) is 0 Å². The quantitative estimate of drug-likeness (QED) is 0.107. The van der Waals surface area contributed by atoms with Crippen molar-refractivity contribution in [3.63, 3.8) is 0 Å². The maximum absolute atomic E-state index is 5.12. The molecule has 0 unspecified atom stereocenters. The van der Waals surface area contributed by atoms with Gasteiger partial charge in [-0.05, 0) is 119 Å². The first kappa shape index (κ1) is 35.8. The summed E-state index contributed by atoms with van der Waals surface area (Å²) in [4.78, 5) is 17.1. The molecular formula is C53H44N4. The van der Waals surface area contributed by atoms with Crippen molar-refractivity contribution < 1.29 is 0 Å². The Morgan fingerprint density at radius 1 is 0.596 bits per heavy atom. The lowest BCUT2D eigenvalue weighted by molar-refractivity contribution is 0.850. The first-order valence-corrected chi connectivity index (χ1v) is 19.9. The van der Waals surface area contributed by atoms with Crippen molar-refractivity contribution in [2.75, 3.05) is 4.90 Å². The highest BCUT2D eigenvalue weighted by molar-refractivity contribution is 6.15. The Morgan fingerprint density at radius 3 is 2.04 bits per heavy atom. The number of benzene rings is 6. The lowest BCUT2D eigenvalue weighted by Crippen LogP contribution is -2.18. The van der Waals surface area contributed by atoms with Crippen molar-refractivity contribution >= 4 is 29.8 Å². The molecule has 4 nitrogen and oxygen atoms in total. The summed E-state index contributed by atoms with van der Waals surface area (Å²) in [7, 11) is 0. The Kier molecular flexibility index (Phi) is 10.3. The Bertz CT molecular complexity index is 2610. The van der Waals surface area contributed by atoms with E-state index in [0.29, 0.717) is 18.2 Å². The van der Waals surface area contributed by atoms with Crippen LogP contribution in [0.15, 0.2) is 214 Å². The van der Waals surface area contributed by atoms with Gasteiger partial charge >= 0.3 is 0 Å². The molecule has 0 spiro atoms. The fraction of sp³-hybridized carbons (Fsp3) is 0.113. The van der Waals surface area contributed by atoms with Gasteiger partial charge in [0, 0.05) is 28.2 Å². The minimum Gasteiger partial charge on any atom is -0.314 e. The molecule has 57 heavy (non-hydrogen) atoms. The van der Waals surface area contributed by atoms with Gasteiger partial charge in [-0.2, -0.15) is 0 Å². The summed E-state index contributed by atoms with van der Waals surface area (Å²) in [5, 5.41) is 0. The normalized spacial score (nSPS) is 14.9. The Morgan fingerprint density at radius 2 is 1.32 bits per heavy atom. The van der Waals surface area contributed by atoms with Crippen LogP contribution in [-0.4, -0.2) is 18.4 Å². The molecule has 276 valence electrons. The first-order chi connectivity index (χ1) is 28.2. The molecule has 0 saturated heterocycles. The molecule has 0 heterocycles. The Hall–Kier alpha value is -6.91. The van der Waals surface area contributed by atoms with Crippen LogP contribution in [0.5, 0.6) is 0 Å². The molecule has 0 bridgehead atoms. The molecule has 0 radical (unpaired) electrons. The number of fused-ring (bicyclic) bond motifs is 3. The third-order valence-electron chi connectivity index (χ3n) is 11.1. The standard InChI is InChI=1S/C53H44N4/c1-54-53(56-52(43-21-12-5-13-22-43)55-37-38-15-6-2-7-16-38)50-24-14-23-44-35-45-36-48(33-34-49(45)51(44)50)57(46-29-25-41(26-30-46)39-17-8-3-9-18-39)47-31-27-42(28-32-47)40-19-10-4-11-20-40/h2-10,12-19,21-27,29-31,33-34,36H,1,11,20,28,32,35,37H2/b55-52-,56-53-. The summed E-state index contributed by atoms with van der Waals surface area (Å²) in [6, 6.07) is 53.4. The summed E-state index contributed by atoms with van der Waals surface area (Å²) >= 11 is 0. The van der Waals surface area contributed by atoms with Crippen molar-refractivity contribution in [2.45, 2.75) is 38.6 Å². The van der Waals surface area contributed by atoms with Gasteiger partial charge in [0.2, 0.25) is 0 Å². The summed E-state index contributed by atoms with van der Waals surface area (Å²) < 4.78 is 0. The van der Waals surface area contributed by atoms with Crippen LogP contribution in [0.2, 0.25) is 0 Å². The summed E-state index contributed by atoms with van der Waals surface area (Å²) in [5.74, 6) is 1.20. The van der Waals surface area contributed by atoms with Gasteiger partial charge in [-0.1, -0.05) is 152 Å². The van der Waals surface area contributed by atoms with Crippen LogP contribution in [0.25, 0.3) is 22.3 Å². The van der Waals surface area contributed by atoms with E-state index in [1.807, 2.05) is 48.5 Å². The van der Waals surface area contributed by atoms with Crippen LogP contribution in [0, 0.1) is 0 Å². The van der Waals surface area contributed by atoms with Crippen LogP contribution in [0.3, 0.4) is 0 Å². The van der Waals surface area contributed by atoms with Crippen molar-refractivity contribution in [1.82, 2.24) is 0 Å². The van der Waals surface area contributed by atoms with E-state index in [-0.39, 0.29) is 0 Å². The molecule has 6 aromatic carbocycles. The van der Waals surface area contributed by atoms with E-state index < -0.39 is 0 Å². The zero-order valence-electron chi connectivity index (χ0n) is 32.1. The van der Waals surface area contributed by atoms with Crippen molar-refractivity contribution in [1.29, 1.82) is 0 Å². The van der Waals surface area contributed by atoms with Crippen molar-refractivity contribution in [2.24, 2.45) is 15.0 Å². The third-order valence-corrected chi connectivity index (χ3v) is 11.1. The topological polar surface area (TPSA) is 40.3 Å². The predicted molar refractivity (Wildman–Crippen MR) is 240 cm³/mol. The van der Waals surface area contributed by atoms with E-state index in [2.05, 4.69) is 150 Å². The van der Waals surface area contributed by atoms with Gasteiger partial charge in [0.15, 0.2) is 11.7 Å². The number of anilines is 2. The molecule has 0 N–H and O–H groups in total. The lowest BCUT2D eigenvalue weighted by atomic mass is 9.90. The number of aliphatic imine (C=N–C) groups is 3. The largest absolute Gasteiger partial charge is 0.314 e. The minimum atomic E-state index is 0.520. The second-order valence-corrected chi connectivity index (χ2v) is 14.7. The average molecular weight is 737 g/mol. The summed E-state index contributed by atoms with van der Waals surface area (Å²) in [5.41, 5.74) is 16.9. The van der Waals surface area contributed by atoms with Crippen LogP contribution >= 0.6 is 0 Å². The maximum Gasteiger partial charge on any atom is 0.161 e. The van der Waals surface area contributed by atoms with Gasteiger partial charge in [-0.15, -0.1) is 0 Å². The van der Waals surface area contributed by atoms with Gasteiger partial charge in [0.05, 0.1) is 6.54 Å². The number of rotatable bonds is 9. The number of allylic oxidation sites excluding steroid dienone is 8. The first-order valence-electron chi connectivity index (χ1n) is 19.9. The van der Waals surface area contributed by atoms with E-state index in [1.54, 1.807) is 0 Å². The maximum atomic E-state index is 5.12.